The molecule has 0 amide bonds. The average Bonchev–Trinajstić information content (AvgIpc) is 3.48. The summed E-state index contributed by atoms with van der Waals surface area (Å²) in [5.41, 5.74) is -1.81. The fourth-order valence-electron chi connectivity index (χ4n) is 3.90. The molecular formula is C29H23Cl4F6N3O5S3. The van der Waals surface area contributed by atoms with E-state index in [9.17, 15) is 48.0 Å². The second kappa shape index (κ2) is 17.3. The molecule has 4 rings (SSSR count). The van der Waals surface area contributed by atoms with Crippen LogP contribution in [0.5, 0.6) is 0 Å². The van der Waals surface area contributed by atoms with Gasteiger partial charge in [0.05, 0.1) is 37.3 Å². The number of thiazole rings is 1. The molecule has 3 aromatic carbocycles. The molecule has 0 aliphatic rings. The number of rotatable bonds is 12. The van der Waals surface area contributed by atoms with E-state index < -0.39 is 52.3 Å². The van der Waals surface area contributed by atoms with Gasteiger partial charge in [-0.05, 0) is 61.4 Å². The standard InChI is InChI=1S/C22H20Cl2F3N3O3S2.C7H3Cl2F3O2S/c23-16-7-3-2-6-15(16)20(31)18-13-29-21(34-18)28-10-4-1-5-11-30-35(32,33)19-12-14(22(25,26)27)8-9-17(19)24;8-5-2-1-4(7(10,11)12)3-6(5)15(9,13)14/h2-3,6-9,12-13,30H,1,4-5,10-11H2,(H,28,29);1-3H. The molecule has 0 atom stereocenters. The molecular weight excluding hydrogens is 822 g/mol. The van der Waals surface area contributed by atoms with Gasteiger partial charge in [-0.3, -0.25) is 4.79 Å². The maximum atomic E-state index is 12.9. The fourth-order valence-corrected chi connectivity index (χ4v) is 8.01. The zero-order valence-corrected chi connectivity index (χ0v) is 30.4. The van der Waals surface area contributed by atoms with Crippen molar-refractivity contribution in [3.8, 4) is 0 Å². The Morgan fingerprint density at radius 3 is 1.84 bits per heavy atom. The summed E-state index contributed by atoms with van der Waals surface area (Å²) < 4.78 is 124. The number of unbranched alkanes of at least 4 members (excludes halogenated alkanes) is 2. The molecule has 21 heteroatoms. The molecule has 0 spiro atoms. The van der Waals surface area contributed by atoms with Gasteiger partial charge in [0.2, 0.25) is 15.8 Å². The Morgan fingerprint density at radius 2 is 1.28 bits per heavy atom. The van der Waals surface area contributed by atoms with E-state index in [1.54, 1.807) is 24.3 Å². The molecule has 0 saturated carbocycles. The minimum absolute atomic E-state index is 0.0443. The van der Waals surface area contributed by atoms with Crippen molar-refractivity contribution in [1.82, 2.24) is 9.71 Å². The molecule has 0 fully saturated rings. The van der Waals surface area contributed by atoms with Crippen molar-refractivity contribution < 1.29 is 48.0 Å². The average molecular weight is 846 g/mol. The lowest BCUT2D eigenvalue weighted by Gasteiger charge is -2.12. The number of hydrogen-bond acceptors (Lipinski definition) is 8. The highest BCUT2D eigenvalue weighted by molar-refractivity contribution is 8.13. The third kappa shape index (κ3) is 12.0. The van der Waals surface area contributed by atoms with Crippen molar-refractivity contribution in [2.45, 2.75) is 41.4 Å². The van der Waals surface area contributed by atoms with E-state index in [-0.39, 0.29) is 22.4 Å². The molecule has 8 nitrogen and oxygen atoms in total. The van der Waals surface area contributed by atoms with Crippen molar-refractivity contribution in [2.24, 2.45) is 0 Å². The van der Waals surface area contributed by atoms with Crippen molar-refractivity contribution >= 4 is 86.8 Å². The Labute approximate surface area is 306 Å². The second-order valence-corrected chi connectivity index (χ2v) is 16.5. The lowest BCUT2D eigenvalue weighted by Crippen LogP contribution is -2.25. The molecule has 50 heavy (non-hydrogen) atoms. The van der Waals surface area contributed by atoms with Gasteiger partial charge < -0.3 is 5.32 Å². The SMILES string of the molecule is O=C(c1cnc(NCCCCCNS(=O)(=O)c2cc(C(F)(F)F)ccc2Cl)s1)c1ccccc1Cl.O=S(=O)(Cl)c1cc(C(F)(F)F)ccc1Cl. The molecule has 1 heterocycles. The fraction of sp³-hybridized carbons (Fsp3) is 0.241. The van der Waals surface area contributed by atoms with Crippen LogP contribution >= 0.6 is 56.8 Å². The van der Waals surface area contributed by atoms with Crippen molar-refractivity contribution in [1.29, 1.82) is 0 Å². The first-order valence-electron chi connectivity index (χ1n) is 13.8. The summed E-state index contributed by atoms with van der Waals surface area (Å²) in [6.07, 6.45) is -6.05. The molecule has 0 aliphatic carbocycles. The van der Waals surface area contributed by atoms with Crippen LogP contribution in [0.3, 0.4) is 0 Å². The summed E-state index contributed by atoms with van der Waals surface area (Å²) in [6.45, 7) is 0.585. The maximum absolute atomic E-state index is 12.9. The molecule has 0 radical (unpaired) electrons. The minimum atomic E-state index is -4.68. The summed E-state index contributed by atoms with van der Waals surface area (Å²) >= 11 is 18.5. The molecule has 0 unspecified atom stereocenters. The van der Waals surface area contributed by atoms with Gasteiger partial charge >= 0.3 is 12.4 Å². The van der Waals surface area contributed by atoms with Gasteiger partial charge in [-0.15, -0.1) is 0 Å². The highest BCUT2D eigenvalue weighted by Crippen LogP contribution is 2.35. The van der Waals surface area contributed by atoms with Gasteiger partial charge in [-0.25, -0.2) is 26.5 Å². The molecule has 0 aliphatic heterocycles. The summed E-state index contributed by atoms with van der Waals surface area (Å²) in [4.78, 5) is 15.8. The van der Waals surface area contributed by atoms with Gasteiger partial charge in [0, 0.05) is 29.3 Å². The topological polar surface area (TPSA) is 122 Å². The van der Waals surface area contributed by atoms with Crippen molar-refractivity contribution in [3.63, 3.8) is 0 Å². The molecule has 2 N–H and O–H groups in total. The molecule has 1 aromatic heterocycles. The number of ketones is 1. The largest absolute Gasteiger partial charge is 0.416 e. The van der Waals surface area contributed by atoms with E-state index in [4.69, 9.17) is 45.5 Å². The van der Waals surface area contributed by atoms with Crippen LogP contribution in [0.25, 0.3) is 0 Å². The van der Waals surface area contributed by atoms with Gasteiger partial charge in [-0.2, -0.15) is 26.3 Å². The van der Waals surface area contributed by atoms with Crippen LogP contribution in [-0.2, 0) is 31.4 Å². The first kappa shape index (κ1) is 41.8. The quantitative estimate of drug-likeness (QED) is 0.0631. The molecule has 4 aromatic rings. The number of nitrogens with one attached hydrogen (secondary N) is 2. The van der Waals surface area contributed by atoms with Crippen LogP contribution in [0.15, 0.2) is 76.7 Å². The first-order chi connectivity index (χ1) is 23.1. The lowest BCUT2D eigenvalue weighted by atomic mass is 10.1. The number of carbonyl (C=O) groups excluding carboxylic acids is 1. The van der Waals surface area contributed by atoms with Gasteiger partial charge in [0.15, 0.2) is 5.13 Å². The van der Waals surface area contributed by atoms with Gasteiger partial charge in [-0.1, -0.05) is 64.7 Å². The summed E-state index contributed by atoms with van der Waals surface area (Å²) in [5, 5.41) is 3.41. The second-order valence-electron chi connectivity index (χ2n) is 9.95. The zero-order chi connectivity index (χ0) is 37.5. The van der Waals surface area contributed by atoms with Crippen molar-refractivity contribution in [3.05, 3.63) is 103 Å². The Morgan fingerprint density at radius 1 is 0.740 bits per heavy atom. The predicted molar refractivity (Wildman–Crippen MR) is 180 cm³/mol. The van der Waals surface area contributed by atoms with E-state index in [2.05, 4.69) is 15.0 Å². The number of sulfonamides is 1. The third-order valence-electron chi connectivity index (χ3n) is 6.34. The van der Waals surface area contributed by atoms with Crippen LogP contribution in [0.1, 0.15) is 45.6 Å². The number of benzene rings is 3. The Bertz CT molecular complexity index is 2040. The first-order valence-corrected chi connectivity index (χ1v) is 19.5. The highest BCUT2D eigenvalue weighted by Gasteiger charge is 2.33. The van der Waals surface area contributed by atoms with Crippen LogP contribution in [-0.4, -0.2) is 40.7 Å². The number of hydrogen-bond donors (Lipinski definition) is 2. The smallest absolute Gasteiger partial charge is 0.362 e. The number of halogens is 10. The monoisotopic (exact) mass is 843 g/mol. The van der Waals surface area contributed by atoms with Gasteiger partial charge in [0.25, 0.3) is 9.05 Å². The van der Waals surface area contributed by atoms with E-state index in [1.807, 2.05) is 0 Å². The predicted octanol–water partition coefficient (Wildman–Crippen LogP) is 9.55. The van der Waals surface area contributed by atoms with E-state index >= 15 is 0 Å². The van der Waals surface area contributed by atoms with Gasteiger partial charge in [0.1, 0.15) is 9.79 Å². The van der Waals surface area contributed by atoms with Crippen molar-refractivity contribution in [2.75, 3.05) is 18.4 Å². The molecule has 0 bridgehead atoms. The number of nitrogens with zero attached hydrogens (tertiary/aromatic N) is 1. The van der Waals surface area contributed by atoms with Crippen LogP contribution < -0.4 is 10.0 Å². The Balaban J connectivity index is 0.000000376. The van der Waals surface area contributed by atoms with E-state index in [0.717, 1.165) is 18.2 Å². The normalized spacial score (nSPS) is 12.3. The highest BCUT2D eigenvalue weighted by atomic mass is 35.7. The Hall–Kier alpha value is -2.64. The maximum Gasteiger partial charge on any atom is 0.416 e. The third-order valence-corrected chi connectivity index (χ3v) is 11.4. The number of anilines is 1. The van der Waals surface area contributed by atoms with Crippen LogP contribution in [0.2, 0.25) is 15.1 Å². The van der Waals surface area contributed by atoms with Crippen LogP contribution in [0.4, 0.5) is 31.5 Å². The minimum Gasteiger partial charge on any atom is -0.362 e. The summed E-state index contributed by atoms with van der Waals surface area (Å²) in [6, 6.07) is 10.8. The van der Waals surface area contributed by atoms with E-state index in [0.29, 0.717) is 64.6 Å². The van der Waals surface area contributed by atoms with E-state index in [1.165, 1.54) is 17.5 Å². The van der Waals surface area contributed by atoms with Crippen LogP contribution in [0, 0.1) is 0 Å². The Kier molecular flexibility index (Phi) is 14.4. The zero-order valence-electron chi connectivity index (χ0n) is 24.9. The summed E-state index contributed by atoms with van der Waals surface area (Å²) in [7, 11) is -3.56. The number of carbonyl (C=O) groups is 1. The number of alkyl halides is 6. The lowest BCUT2D eigenvalue weighted by molar-refractivity contribution is -0.138. The molecule has 272 valence electrons. The number of aromatic nitrogens is 1. The molecule has 0 saturated heterocycles. The summed E-state index contributed by atoms with van der Waals surface area (Å²) in [5.74, 6) is -0.214.